The first-order valence-electron chi connectivity index (χ1n) is 6.10. The van der Waals surface area contributed by atoms with Gasteiger partial charge in [-0.25, -0.2) is 0 Å². The summed E-state index contributed by atoms with van der Waals surface area (Å²) >= 11 is 0. The highest BCUT2D eigenvalue weighted by Crippen LogP contribution is 2.35. The lowest BCUT2D eigenvalue weighted by Crippen LogP contribution is -2.41. The summed E-state index contributed by atoms with van der Waals surface area (Å²) in [5.41, 5.74) is 2.83. The van der Waals surface area contributed by atoms with Gasteiger partial charge in [0.15, 0.2) is 0 Å². The minimum Gasteiger partial charge on any atom is -0.481 e. The van der Waals surface area contributed by atoms with Gasteiger partial charge in [0.2, 0.25) is 5.91 Å². The van der Waals surface area contributed by atoms with Gasteiger partial charge in [-0.1, -0.05) is 12.1 Å². The number of hydrogen-bond acceptors (Lipinski definition) is 2. The number of carbonyl (C=O) groups excluding carboxylic acids is 1. The summed E-state index contributed by atoms with van der Waals surface area (Å²) in [5.74, 6) is -1.96. The monoisotopic (exact) mass is 247 g/mol. The lowest BCUT2D eigenvalue weighted by Gasteiger charge is -2.32. The van der Waals surface area contributed by atoms with E-state index < -0.39 is 11.9 Å². The molecule has 0 aromatic heterocycles. The van der Waals surface area contributed by atoms with E-state index in [0.717, 1.165) is 16.8 Å². The summed E-state index contributed by atoms with van der Waals surface area (Å²) in [6.07, 6.45) is 1.26. The molecule has 0 saturated heterocycles. The third kappa shape index (κ3) is 2.37. The van der Waals surface area contributed by atoms with Crippen molar-refractivity contribution in [2.24, 2.45) is 11.8 Å². The molecule has 1 aromatic rings. The van der Waals surface area contributed by atoms with Crippen molar-refractivity contribution in [2.45, 2.75) is 26.7 Å². The molecule has 1 aromatic carbocycles. The molecule has 1 fully saturated rings. The quantitative estimate of drug-likeness (QED) is 0.861. The highest BCUT2D eigenvalue weighted by atomic mass is 16.4. The molecule has 0 heterocycles. The summed E-state index contributed by atoms with van der Waals surface area (Å²) in [7, 11) is 0. The number of carboxylic acids is 1. The zero-order valence-corrected chi connectivity index (χ0v) is 10.6. The molecule has 0 spiro atoms. The minimum absolute atomic E-state index is 0.178. The zero-order chi connectivity index (χ0) is 13.3. The van der Waals surface area contributed by atoms with Crippen LogP contribution in [-0.2, 0) is 9.59 Å². The number of aryl methyl sites for hydroxylation is 2. The van der Waals surface area contributed by atoms with Gasteiger partial charge in [-0.3, -0.25) is 9.59 Å². The van der Waals surface area contributed by atoms with E-state index in [1.807, 2.05) is 32.0 Å². The molecule has 4 nitrogen and oxygen atoms in total. The van der Waals surface area contributed by atoms with Gasteiger partial charge in [-0.2, -0.15) is 0 Å². The maximum absolute atomic E-state index is 12.0. The Kier molecular flexibility index (Phi) is 3.36. The Balaban J connectivity index is 2.08. The van der Waals surface area contributed by atoms with Crippen molar-refractivity contribution >= 4 is 17.6 Å². The Hall–Kier alpha value is -1.84. The van der Waals surface area contributed by atoms with Crippen molar-refractivity contribution in [3.05, 3.63) is 29.3 Å². The van der Waals surface area contributed by atoms with Crippen LogP contribution in [0.4, 0.5) is 5.69 Å². The number of aliphatic carboxylic acids is 1. The van der Waals surface area contributed by atoms with Gasteiger partial charge in [-0.05, 0) is 43.9 Å². The summed E-state index contributed by atoms with van der Waals surface area (Å²) in [6, 6.07) is 5.83. The number of carbonyl (C=O) groups is 2. The van der Waals surface area contributed by atoms with Crippen LogP contribution in [0.2, 0.25) is 0 Å². The lowest BCUT2D eigenvalue weighted by atomic mass is 9.73. The molecule has 2 atom stereocenters. The fraction of sp³-hybridized carbons (Fsp3) is 0.429. The topological polar surface area (TPSA) is 66.4 Å². The predicted octanol–water partition coefficient (Wildman–Crippen LogP) is 2.35. The molecular weight excluding hydrogens is 230 g/mol. The predicted molar refractivity (Wildman–Crippen MR) is 68.4 cm³/mol. The van der Waals surface area contributed by atoms with Gasteiger partial charge >= 0.3 is 5.97 Å². The number of benzene rings is 1. The number of nitrogens with one attached hydrogen (secondary N) is 1. The number of anilines is 1. The molecule has 1 aliphatic rings. The van der Waals surface area contributed by atoms with Crippen molar-refractivity contribution in [3.8, 4) is 0 Å². The summed E-state index contributed by atoms with van der Waals surface area (Å²) in [5, 5.41) is 11.8. The zero-order valence-electron chi connectivity index (χ0n) is 10.6. The first-order chi connectivity index (χ1) is 8.49. The Morgan fingerprint density at radius 2 is 1.89 bits per heavy atom. The Morgan fingerprint density at radius 3 is 2.44 bits per heavy atom. The van der Waals surface area contributed by atoms with Crippen LogP contribution in [0.15, 0.2) is 18.2 Å². The smallest absolute Gasteiger partial charge is 0.307 e. The first-order valence-corrected chi connectivity index (χ1v) is 6.10. The fourth-order valence-corrected chi connectivity index (χ4v) is 2.21. The lowest BCUT2D eigenvalue weighted by molar-refractivity contribution is -0.151. The van der Waals surface area contributed by atoms with Crippen LogP contribution in [-0.4, -0.2) is 17.0 Å². The molecule has 1 amide bonds. The van der Waals surface area contributed by atoms with Crippen molar-refractivity contribution in [1.82, 2.24) is 0 Å². The van der Waals surface area contributed by atoms with Crippen molar-refractivity contribution in [1.29, 1.82) is 0 Å². The maximum atomic E-state index is 12.0. The fourth-order valence-electron chi connectivity index (χ4n) is 2.21. The molecule has 2 rings (SSSR count). The highest BCUT2D eigenvalue weighted by molar-refractivity contribution is 5.96. The van der Waals surface area contributed by atoms with E-state index in [4.69, 9.17) is 5.11 Å². The summed E-state index contributed by atoms with van der Waals surface area (Å²) in [4.78, 5) is 22.9. The van der Waals surface area contributed by atoms with Crippen molar-refractivity contribution in [2.75, 3.05) is 5.32 Å². The second-order valence-electron chi connectivity index (χ2n) is 4.94. The molecule has 1 saturated carbocycles. The van der Waals surface area contributed by atoms with Crippen LogP contribution in [0.3, 0.4) is 0 Å². The van der Waals surface area contributed by atoms with E-state index >= 15 is 0 Å². The molecule has 1 aliphatic carbocycles. The average Bonchev–Trinajstić information content (AvgIpc) is 2.20. The minimum atomic E-state index is -0.873. The maximum Gasteiger partial charge on any atom is 0.307 e. The van der Waals surface area contributed by atoms with Gasteiger partial charge in [0.1, 0.15) is 0 Å². The Bertz CT molecular complexity index is 496. The van der Waals surface area contributed by atoms with Crippen molar-refractivity contribution in [3.63, 3.8) is 0 Å². The summed E-state index contributed by atoms with van der Waals surface area (Å²) < 4.78 is 0. The van der Waals surface area contributed by atoms with Gasteiger partial charge < -0.3 is 10.4 Å². The first kappa shape index (κ1) is 12.6. The van der Waals surface area contributed by atoms with Gasteiger partial charge in [0.25, 0.3) is 0 Å². The SMILES string of the molecule is Cc1ccc(C)c(NC(=O)C2CCC2C(=O)O)c1. The molecule has 0 aliphatic heterocycles. The number of rotatable bonds is 3. The van der Waals surface area contributed by atoms with Crippen LogP contribution in [0.25, 0.3) is 0 Å². The Morgan fingerprint density at radius 1 is 1.22 bits per heavy atom. The standard InChI is InChI=1S/C14H17NO3/c1-8-3-4-9(2)12(7-8)15-13(16)10-5-6-11(10)14(17)18/h3-4,7,10-11H,5-6H2,1-2H3,(H,15,16)(H,17,18). The number of amides is 1. The molecule has 2 N–H and O–H groups in total. The molecule has 96 valence electrons. The molecule has 4 heteroatoms. The largest absolute Gasteiger partial charge is 0.481 e. The van der Waals surface area contributed by atoms with Crippen LogP contribution in [0.1, 0.15) is 24.0 Å². The average molecular weight is 247 g/mol. The van der Waals surface area contributed by atoms with E-state index in [-0.39, 0.29) is 11.8 Å². The van der Waals surface area contributed by atoms with Crippen LogP contribution >= 0.6 is 0 Å². The van der Waals surface area contributed by atoms with Crippen molar-refractivity contribution < 1.29 is 14.7 Å². The highest BCUT2D eigenvalue weighted by Gasteiger charge is 2.41. The van der Waals surface area contributed by atoms with Crippen LogP contribution in [0.5, 0.6) is 0 Å². The van der Waals surface area contributed by atoms with E-state index in [0.29, 0.717) is 12.8 Å². The number of carboxylic acid groups (broad SMARTS) is 1. The van der Waals surface area contributed by atoms with E-state index in [1.54, 1.807) is 0 Å². The van der Waals surface area contributed by atoms with E-state index in [1.165, 1.54) is 0 Å². The normalized spacial score (nSPS) is 22.1. The molecule has 0 radical (unpaired) electrons. The van der Waals surface area contributed by atoms with Gasteiger partial charge in [0.05, 0.1) is 11.8 Å². The van der Waals surface area contributed by atoms with Gasteiger partial charge in [0, 0.05) is 5.69 Å². The molecular formula is C14H17NO3. The third-order valence-corrected chi connectivity index (χ3v) is 3.58. The second kappa shape index (κ2) is 4.80. The van der Waals surface area contributed by atoms with Crippen LogP contribution < -0.4 is 5.32 Å². The van der Waals surface area contributed by atoms with Crippen LogP contribution in [0, 0.1) is 25.7 Å². The Labute approximate surface area is 106 Å². The van der Waals surface area contributed by atoms with E-state index in [9.17, 15) is 9.59 Å². The van der Waals surface area contributed by atoms with E-state index in [2.05, 4.69) is 5.32 Å². The summed E-state index contributed by atoms with van der Waals surface area (Å²) in [6.45, 7) is 3.88. The third-order valence-electron chi connectivity index (χ3n) is 3.58. The molecule has 2 unspecified atom stereocenters. The molecule has 0 bridgehead atoms. The molecule has 18 heavy (non-hydrogen) atoms. The van der Waals surface area contributed by atoms with Gasteiger partial charge in [-0.15, -0.1) is 0 Å². The number of hydrogen-bond donors (Lipinski definition) is 2. The second-order valence-corrected chi connectivity index (χ2v) is 4.94.